The van der Waals surface area contributed by atoms with Crippen molar-refractivity contribution in [1.82, 2.24) is 4.98 Å². The first-order valence-electron chi connectivity index (χ1n) is 15.9. The van der Waals surface area contributed by atoms with Gasteiger partial charge in [-0.2, -0.15) is 0 Å². The first-order chi connectivity index (χ1) is 21.8. The molecule has 5 aromatic carbocycles. The van der Waals surface area contributed by atoms with E-state index in [1.54, 1.807) is 23.6 Å². The zero-order valence-corrected chi connectivity index (χ0v) is 28.9. The van der Waals surface area contributed by atoms with E-state index in [9.17, 15) is 5.11 Å². The van der Waals surface area contributed by atoms with Gasteiger partial charge in [0.15, 0.2) is 0 Å². The third kappa shape index (κ3) is 6.41. The Balaban J connectivity index is 1.48. The van der Waals surface area contributed by atoms with Crippen molar-refractivity contribution in [3.8, 4) is 38.6 Å². The van der Waals surface area contributed by atoms with Crippen molar-refractivity contribution in [2.45, 2.75) is 66.2 Å². The second kappa shape index (κ2) is 12.0. The average molecular weight is 623 g/mol. The lowest BCUT2D eigenvalue weighted by atomic mass is 9.85. The van der Waals surface area contributed by atoms with Gasteiger partial charge in [-0.1, -0.05) is 102 Å². The van der Waals surface area contributed by atoms with Gasteiger partial charge >= 0.3 is 0 Å². The second-order valence-electron chi connectivity index (χ2n) is 14.3. The number of thiazole rings is 1. The molecule has 0 aliphatic rings. The van der Waals surface area contributed by atoms with Crippen LogP contribution in [-0.2, 0) is 10.8 Å². The summed E-state index contributed by atoms with van der Waals surface area (Å²) in [5.74, 6) is 0.219. The first-order valence-corrected chi connectivity index (χ1v) is 16.7. The van der Waals surface area contributed by atoms with Crippen LogP contribution in [0.3, 0.4) is 0 Å². The molecule has 0 saturated heterocycles. The molecular formula is C42H42N2OS. The number of benzene rings is 5. The highest BCUT2D eigenvalue weighted by atomic mass is 32.1. The molecule has 3 nitrogen and oxygen atoms in total. The summed E-state index contributed by atoms with van der Waals surface area (Å²) < 4.78 is 1.16. The molecule has 6 rings (SSSR count). The van der Waals surface area contributed by atoms with Crippen molar-refractivity contribution in [3.05, 3.63) is 125 Å². The lowest BCUT2D eigenvalue weighted by molar-refractivity contribution is 0.473. The van der Waals surface area contributed by atoms with E-state index in [-0.39, 0.29) is 16.6 Å². The van der Waals surface area contributed by atoms with Gasteiger partial charge in [0.05, 0.1) is 15.9 Å². The molecule has 0 atom stereocenters. The predicted octanol–water partition coefficient (Wildman–Crippen LogP) is 12.0. The Morgan fingerprint density at radius 3 is 2.13 bits per heavy atom. The molecule has 1 N–H and O–H groups in total. The van der Waals surface area contributed by atoms with Crippen LogP contribution in [0.25, 0.3) is 43.0 Å². The van der Waals surface area contributed by atoms with Crippen LogP contribution >= 0.6 is 11.3 Å². The van der Waals surface area contributed by atoms with Crippen LogP contribution in [0.5, 0.6) is 5.75 Å². The summed E-state index contributed by atoms with van der Waals surface area (Å²) in [6.07, 6.45) is 1.76. The van der Waals surface area contributed by atoms with E-state index in [4.69, 9.17) is 9.98 Å². The summed E-state index contributed by atoms with van der Waals surface area (Å²) in [6.45, 7) is 17.6. The molecule has 4 heteroatoms. The highest BCUT2D eigenvalue weighted by Gasteiger charge is 2.21. The maximum atomic E-state index is 10.6. The van der Waals surface area contributed by atoms with E-state index in [0.717, 1.165) is 43.2 Å². The lowest BCUT2D eigenvalue weighted by Crippen LogP contribution is -2.11. The summed E-state index contributed by atoms with van der Waals surface area (Å²) in [5, 5.41) is 11.5. The maximum absolute atomic E-state index is 10.6. The molecule has 0 fully saturated rings. The van der Waals surface area contributed by atoms with Gasteiger partial charge in [0.25, 0.3) is 0 Å². The van der Waals surface area contributed by atoms with Crippen LogP contribution in [-0.4, -0.2) is 16.3 Å². The number of hydrogen-bond acceptors (Lipinski definition) is 4. The zero-order valence-electron chi connectivity index (χ0n) is 28.1. The average Bonchev–Trinajstić information content (AvgIpc) is 3.45. The molecule has 46 heavy (non-hydrogen) atoms. The lowest BCUT2D eigenvalue weighted by Gasteiger charge is -2.20. The summed E-state index contributed by atoms with van der Waals surface area (Å²) in [4.78, 5) is 10.2. The number of aryl methyl sites for hydroxylation is 2. The largest absolute Gasteiger partial charge is 0.507 e. The van der Waals surface area contributed by atoms with E-state index < -0.39 is 0 Å². The standard InChI is InChI=1S/C42H42N2OS/c1-26-16-17-27(2)34(20-26)28-12-11-13-29(21-28)35-23-32(42(6,7)8)24-38-39(35)44-40(46-38)33-14-9-10-15-36(33)43-25-30-22-31(41(3,4)5)18-19-37(30)45/h9-25,45H,1-8H3. The van der Waals surface area contributed by atoms with Crippen molar-refractivity contribution in [3.63, 3.8) is 0 Å². The Morgan fingerprint density at radius 1 is 0.674 bits per heavy atom. The number of phenolic OH excluding ortho intramolecular Hbond substituents is 1. The minimum atomic E-state index is -0.0306. The summed E-state index contributed by atoms with van der Waals surface area (Å²) in [6, 6.07) is 34.0. The molecule has 0 saturated carbocycles. The summed E-state index contributed by atoms with van der Waals surface area (Å²) >= 11 is 1.70. The fourth-order valence-electron chi connectivity index (χ4n) is 5.73. The number of aromatic hydroxyl groups is 1. The van der Waals surface area contributed by atoms with Crippen LogP contribution in [0.2, 0.25) is 0 Å². The Hall–Kier alpha value is -4.54. The van der Waals surface area contributed by atoms with Crippen molar-refractivity contribution in [2.75, 3.05) is 0 Å². The van der Waals surface area contributed by atoms with Crippen LogP contribution in [0, 0.1) is 13.8 Å². The third-order valence-electron chi connectivity index (χ3n) is 8.61. The molecule has 6 aromatic rings. The van der Waals surface area contributed by atoms with E-state index in [0.29, 0.717) is 5.56 Å². The van der Waals surface area contributed by atoms with E-state index in [1.807, 2.05) is 30.3 Å². The highest BCUT2D eigenvalue weighted by Crippen LogP contribution is 2.42. The maximum Gasteiger partial charge on any atom is 0.126 e. The van der Waals surface area contributed by atoms with Crippen LogP contribution in [0.15, 0.2) is 102 Å². The fourth-order valence-corrected chi connectivity index (χ4v) is 6.80. The van der Waals surface area contributed by atoms with Gasteiger partial charge in [0.2, 0.25) is 0 Å². The van der Waals surface area contributed by atoms with Crippen LogP contribution in [0.4, 0.5) is 5.69 Å². The quantitative estimate of drug-likeness (QED) is 0.194. The molecule has 0 radical (unpaired) electrons. The number of para-hydroxylation sites is 1. The van der Waals surface area contributed by atoms with Gasteiger partial charge in [-0.15, -0.1) is 11.3 Å². The zero-order chi connectivity index (χ0) is 32.8. The van der Waals surface area contributed by atoms with Gasteiger partial charge in [0, 0.05) is 22.9 Å². The molecule has 1 aromatic heterocycles. The van der Waals surface area contributed by atoms with Gasteiger partial charge < -0.3 is 5.11 Å². The number of phenols is 1. The van der Waals surface area contributed by atoms with Crippen molar-refractivity contribution in [2.24, 2.45) is 4.99 Å². The fraction of sp³-hybridized carbons (Fsp3) is 0.238. The molecule has 0 aliphatic carbocycles. The Bertz CT molecular complexity index is 2100. The van der Waals surface area contributed by atoms with E-state index >= 15 is 0 Å². The Kier molecular flexibility index (Phi) is 8.20. The third-order valence-corrected chi connectivity index (χ3v) is 9.65. The number of nitrogens with zero attached hydrogens (tertiary/aromatic N) is 2. The number of rotatable bonds is 5. The normalized spacial score (nSPS) is 12.3. The van der Waals surface area contributed by atoms with Crippen molar-refractivity contribution >= 4 is 33.5 Å². The molecule has 232 valence electrons. The molecule has 0 spiro atoms. The topological polar surface area (TPSA) is 45.5 Å². The van der Waals surface area contributed by atoms with Crippen molar-refractivity contribution in [1.29, 1.82) is 0 Å². The minimum Gasteiger partial charge on any atom is -0.507 e. The Labute approximate surface area is 277 Å². The van der Waals surface area contributed by atoms with Gasteiger partial charge in [0.1, 0.15) is 10.8 Å². The molecule has 0 aliphatic heterocycles. The second-order valence-corrected chi connectivity index (χ2v) is 15.4. The predicted molar refractivity (Wildman–Crippen MR) is 198 cm³/mol. The number of aliphatic imine (C=N–C) groups is 1. The van der Waals surface area contributed by atoms with Gasteiger partial charge in [-0.05, 0) is 101 Å². The molecule has 1 heterocycles. The minimum absolute atomic E-state index is 0.0242. The van der Waals surface area contributed by atoms with Gasteiger partial charge in [-0.25, -0.2) is 4.98 Å². The molecule has 0 amide bonds. The highest BCUT2D eigenvalue weighted by molar-refractivity contribution is 7.21. The molecule has 0 bridgehead atoms. The summed E-state index contributed by atoms with van der Waals surface area (Å²) in [7, 11) is 0. The summed E-state index contributed by atoms with van der Waals surface area (Å²) in [5.41, 5.74) is 13.2. The SMILES string of the molecule is Cc1ccc(C)c(-c2cccc(-c3cc(C(C)(C)C)cc4sc(-c5ccccc5N=Cc5cc(C(C)(C)C)ccc5O)nc34)c2)c1. The molecular weight excluding hydrogens is 581 g/mol. The van der Waals surface area contributed by atoms with E-state index in [2.05, 4.69) is 116 Å². The number of aromatic nitrogens is 1. The number of fused-ring (bicyclic) bond motifs is 1. The smallest absolute Gasteiger partial charge is 0.126 e. The first kappa shape index (κ1) is 31.4. The van der Waals surface area contributed by atoms with Crippen molar-refractivity contribution < 1.29 is 5.11 Å². The Morgan fingerprint density at radius 2 is 1.39 bits per heavy atom. The number of hydrogen-bond donors (Lipinski definition) is 1. The molecule has 0 unspecified atom stereocenters. The van der Waals surface area contributed by atoms with E-state index in [1.165, 1.54) is 27.8 Å². The van der Waals surface area contributed by atoms with Crippen LogP contribution in [0.1, 0.15) is 69.4 Å². The monoisotopic (exact) mass is 622 g/mol. The van der Waals surface area contributed by atoms with Crippen LogP contribution < -0.4 is 0 Å². The van der Waals surface area contributed by atoms with Gasteiger partial charge in [-0.3, -0.25) is 4.99 Å².